The minimum Gasteiger partial charge on any atom is -0.310 e. The fourth-order valence-electron chi connectivity index (χ4n) is 0.979. The summed E-state index contributed by atoms with van der Waals surface area (Å²) < 4.78 is 0. The highest BCUT2D eigenvalue weighted by molar-refractivity contribution is 7.09. The average Bonchev–Trinajstić information content (AvgIpc) is 2.48. The maximum Gasteiger partial charge on any atom is 0.153 e. The maximum atomic E-state index is 11.3. The molecule has 0 bridgehead atoms. The molecule has 72 valence electrons. The molecular weight excluding hydrogens is 184 g/mol. The lowest BCUT2D eigenvalue weighted by atomic mass is 10.3. The molecule has 0 spiro atoms. The molecule has 4 heteroatoms. The van der Waals surface area contributed by atoms with E-state index in [4.69, 9.17) is 0 Å². The largest absolute Gasteiger partial charge is 0.310 e. The molecule has 0 fully saturated rings. The lowest BCUT2D eigenvalue weighted by Gasteiger charge is -1.97. The van der Waals surface area contributed by atoms with Crippen molar-refractivity contribution in [1.29, 1.82) is 0 Å². The molecule has 0 amide bonds. The molecule has 0 unspecified atom stereocenters. The van der Waals surface area contributed by atoms with Crippen molar-refractivity contribution < 1.29 is 4.79 Å². The van der Waals surface area contributed by atoms with Crippen LogP contribution < -0.4 is 5.32 Å². The van der Waals surface area contributed by atoms with E-state index in [2.05, 4.69) is 10.3 Å². The summed E-state index contributed by atoms with van der Waals surface area (Å²) >= 11 is 1.55. The van der Waals surface area contributed by atoms with E-state index in [1.165, 1.54) is 0 Å². The third kappa shape index (κ3) is 3.65. The van der Waals surface area contributed by atoms with E-state index < -0.39 is 0 Å². The molecule has 1 aromatic rings. The van der Waals surface area contributed by atoms with E-state index in [9.17, 15) is 4.79 Å². The highest BCUT2D eigenvalue weighted by Crippen LogP contribution is 2.09. The van der Waals surface area contributed by atoms with Gasteiger partial charge in [0.25, 0.3) is 0 Å². The highest BCUT2D eigenvalue weighted by atomic mass is 32.1. The van der Waals surface area contributed by atoms with Crippen molar-refractivity contribution in [1.82, 2.24) is 10.3 Å². The fraction of sp³-hybridized carbons (Fsp3) is 0.556. The van der Waals surface area contributed by atoms with Crippen molar-refractivity contribution in [3.63, 3.8) is 0 Å². The number of aryl methyl sites for hydroxylation is 1. The Balaban J connectivity index is 2.36. The van der Waals surface area contributed by atoms with E-state index in [-0.39, 0.29) is 5.78 Å². The molecule has 3 nitrogen and oxygen atoms in total. The molecule has 1 heterocycles. The van der Waals surface area contributed by atoms with Crippen LogP contribution in [0.2, 0.25) is 0 Å². The number of rotatable bonds is 5. The second-order valence-corrected chi connectivity index (χ2v) is 3.82. The Kier molecular flexibility index (Phi) is 4.05. The van der Waals surface area contributed by atoms with Crippen LogP contribution in [-0.2, 0) is 11.2 Å². The van der Waals surface area contributed by atoms with E-state index in [1.54, 1.807) is 11.3 Å². The monoisotopic (exact) mass is 198 g/mol. The van der Waals surface area contributed by atoms with Gasteiger partial charge in [0.2, 0.25) is 0 Å². The van der Waals surface area contributed by atoms with Gasteiger partial charge in [0, 0.05) is 11.1 Å². The number of carbonyl (C=O) groups is 1. The molecule has 0 aliphatic heterocycles. The summed E-state index contributed by atoms with van der Waals surface area (Å²) in [7, 11) is 0. The second-order valence-electron chi connectivity index (χ2n) is 2.88. The zero-order valence-electron chi connectivity index (χ0n) is 7.96. The second kappa shape index (κ2) is 5.09. The minimum absolute atomic E-state index is 0.205. The van der Waals surface area contributed by atoms with Gasteiger partial charge in [-0.2, -0.15) is 0 Å². The SMILES string of the molecule is CCNCC(=O)Cc1nc(C)cs1. The van der Waals surface area contributed by atoms with Gasteiger partial charge in [-0.1, -0.05) is 6.92 Å². The molecule has 0 atom stereocenters. The van der Waals surface area contributed by atoms with Crippen LogP contribution in [0.25, 0.3) is 0 Å². The first kappa shape index (κ1) is 10.3. The first-order chi connectivity index (χ1) is 6.22. The Labute approximate surface area is 82.2 Å². The summed E-state index contributed by atoms with van der Waals surface area (Å²) in [5.41, 5.74) is 0.997. The van der Waals surface area contributed by atoms with Gasteiger partial charge in [0.15, 0.2) is 5.78 Å². The number of nitrogens with one attached hydrogen (secondary N) is 1. The molecule has 0 saturated heterocycles. The van der Waals surface area contributed by atoms with E-state index in [0.29, 0.717) is 13.0 Å². The first-order valence-electron chi connectivity index (χ1n) is 4.35. The van der Waals surface area contributed by atoms with Crippen molar-refractivity contribution in [3.8, 4) is 0 Å². The fourth-order valence-corrected chi connectivity index (χ4v) is 1.78. The van der Waals surface area contributed by atoms with E-state index in [0.717, 1.165) is 17.2 Å². The van der Waals surface area contributed by atoms with Crippen LogP contribution in [0.15, 0.2) is 5.38 Å². The van der Waals surface area contributed by atoms with Gasteiger partial charge >= 0.3 is 0 Å². The molecule has 0 aliphatic carbocycles. The molecule has 13 heavy (non-hydrogen) atoms. The van der Waals surface area contributed by atoms with Crippen LogP contribution in [0.5, 0.6) is 0 Å². The summed E-state index contributed by atoms with van der Waals surface area (Å²) in [6, 6.07) is 0. The van der Waals surface area contributed by atoms with Gasteiger partial charge in [-0.25, -0.2) is 4.98 Å². The van der Waals surface area contributed by atoms with Gasteiger partial charge in [-0.3, -0.25) is 4.79 Å². The van der Waals surface area contributed by atoms with Crippen molar-refractivity contribution >= 4 is 17.1 Å². The van der Waals surface area contributed by atoms with Gasteiger partial charge in [-0.15, -0.1) is 11.3 Å². The van der Waals surface area contributed by atoms with Gasteiger partial charge < -0.3 is 5.32 Å². The first-order valence-corrected chi connectivity index (χ1v) is 5.23. The smallest absolute Gasteiger partial charge is 0.153 e. The van der Waals surface area contributed by atoms with Crippen molar-refractivity contribution in [2.24, 2.45) is 0 Å². The molecule has 0 aliphatic rings. The van der Waals surface area contributed by atoms with Crippen LogP contribution in [0.4, 0.5) is 0 Å². The van der Waals surface area contributed by atoms with Crippen LogP contribution in [0.1, 0.15) is 17.6 Å². The topological polar surface area (TPSA) is 42.0 Å². The summed E-state index contributed by atoms with van der Waals surface area (Å²) in [5, 5.41) is 5.89. The third-order valence-corrected chi connectivity index (χ3v) is 2.55. The quantitative estimate of drug-likeness (QED) is 0.772. The molecule has 1 rings (SSSR count). The number of hydrogen-bond donors (Lipinski definition) is 1. The lowest BCUT2D eigenvalue weighted by molar-refractivity contribution is -0.117. The minimum atomic E-state index is 0.205. The van der Waals surface area contributed by atoms with Crippen molar-refractivity contribution in [3.05, 3.63) is 16.1 Å². The molecule has 0 radical (unpaired) electrons. The van der Waals surface area contributed by atoms with E-state index >= 15 is 0 Å². The predicted molar refractivity (Wildman–Crippen MR) is 54.1 cm³/mol. The van der Waals surface area contributed by atoms with Crippen LogP contribution in [0.3, 0.4) is 0 Å². The Morgan fingerprint density at radius 3 is 3.00 bits per heavy atom. The Morgan fingerprint density at radius 1 is 1.69 bits per heavy atom. The van der Waals surface area contributed by atoms with Crippen LogP contribution >= 0.6 is 11.3 Å². The number of likely N-dealkylation sites (N-methyl/N-ethyl adjacent to an activating group) is 1. The zero-order valence-corrected chi connectivity index (χ0v) is 8.78. The number of thiazole rings is 1. The highest BCUT2D eigenvalue weighted by Gasteiger charge is 2.05. The lowest BCUT2D eigenvalue weighted by Crippen LogP contribution is -2.23. The maximum absolute atomic E-state index is 11.3. The average molecular weight is 198 g/mol. The number of aromatic nitrogens is 1. The van der Waals surface area contributed by atoms with E-state index in [1.807, 2.05) is 19.2 Å². The van der Waals surface area contributed by atoms with Gasteiger partial charge in [0.1, 0.15) is 5.01 Å². The standard InChI is InChI=1S/C9H14N2OS/c1-3-10-5-8(12)4-9-11-7(2)6-13-9/h6,10H,3-5H2,1-2H3. The number of Topliss-reactive ketones (excluding diaryl/α,β-unsaturated/α-hetero) is 1. The summed E-state index contributed by atoms with van der Waals surface area (Å²) in [4.78, 5) is 15.5. The molecule has 0 aromatic carbocycles. The Hall–Kier alpha value is -0.740. The van der Waals surface area contributed by atoms with Crippen molar-refractivity contribution in [2.75, 3.05) is 13.1 Å². The normalized spacial score (nSPS) is 10.3. The Bertz CT molecular complexity index is 283. The molecule has 0 saturated carbocycles. The molecule has 1 N–H and O–H groups in total. The van der Waals surface area contributed by atoms with Crippen LogP contribution in [-0.4, -0.2) is 23.9 Å². The summed E-state index contributed by atoms with van der Waals surface area (Å²) in [6.07, 6.45) is 0.464. The Morgan fingerprint density at radius 2 is 2.46 bits per heavy atom. The van der Waals surface area contributed by atoms with Crippen LogP contribution in [0, 0.1) is 6.92 Å². The van der Waals surface area contributed by atoms with Gasteiger partial charge in [0.05, 0.1) is 13.0 Å². The molecular formula is C9H14N2OS. The summed E-state index contributed by atoms with van der Waals surface area (Å²) in [6.45, 7) is 5.22. The number of carbonyl (C=O) groups excluding carboxylic acids is 1. The van der Waals surface area contributed by atoms with Gasteiger partial charge in [-0.05, 0) is 13.5 Å². The predicted octanol–water partition coefficient (Wildman–Crippen LogP) is 1.17. The third-order valence-electron chi connectivity index (χ3n) is 1.59. The van der Waals surface area contributed by atoms with Crippen molar-refractivity contribution in [2.45, 2.75) is 20.3 Å². The number of hydrogen-bond acceptors (Lipinski definition) is 4. The molecule has 1 aromatic heterocycles. The zero-order chi connectivity index (χ0) is 9.68. The number of ketones is 1. The summed E-state index contributed by atoms with van der Waals surface area (Å²) in [5.74, 6) is 0.205. The number of nitrogens with zero attached hydrogens (tertiary/aromatic N) is 1.